The average Bonchev–Trinajstić information content (AvgIpc) is 2.82. The summed E-state index contributed by atoms with van der Waals surface area (Å²) in [5, 5.41) is 19.6. The van der Waals surface area contributed by atoms with Gasteiger partial charge in [-0.15, -0.1) is 5.10 Å². The molecule has 118 valence electrons. The van der Waals surface area contributed by atoms with Gasteiger partial charge < -0.3 is 10.4 Å². The van der Waals surface area contributed by atoms with Crippen molar-refractivity contribution in [2.45, 2.75) is 65.5 Å². The number of carbonyl (C=O) groups excluding carboxylic acids is 1. The van der Waals surface area contributed by atoms with Gasteiger partial charge in [0.15, 0.2) is 5.69 Å². The molecule has 0 aliphatic rings. The Morgan fingerprint density at radius 2 is 1.90 bits per heavy atom. The molecule has 0 bridgehead atoms. The van der Waals surface area contributed by atoms with Crippen LogP contribution in [0.2, 0.25) is 0 Å². The van der Waals surface area contributed by atoms with Crippen molar-refractivity contribution in [3.8, 4) is 0 Å². The predicted molar refractivity (Wildman–Crippen MR) is 78.3 cm³/mol. The Balaban J connectivity index is 3.10. The van der Waals surface area contributed by atoms with Gasteiger partial charge in [0.25, 0.3) is 0 Å². The number of carboxylic acid groups (broad SMARTS) is 1. The van der Waals surface area contributed by atoms with Gasteiger partial charge in [-0.25, -0.2) is 9.48 Å². The van der Waals surface area contributed by atoms with Crippen molar-refractivity contribution in [2.24, 2.45) is 0 Å². The number of amides is 1. The quantitative estimate of drug-likeness (QED) is 0.836. The Hall–Kier alpha value is -1.92. The minimum atomic E-state index is -1.13. The molecule has 1 amide bonds. The summed E-state index contributed by atoms with van der Waals surface area (Å²) in [7, 11) is 0. The Bertz CT molecular complexity index is 534. The molecule has 0 aliphatic carbocycles. The first-order valence-electron chi connectivity index (χ1n) is 7.11. The molecule has 1 aromatic rings. The van der Waals surface area contributed by atoms with Gasteiger partial charge in [0, 0.05) is 5.54 Å². The summed E-state index contributed by atoms with van der Waals surface area (Å²) in [4.78, 5) is 23.5. The first-order chi connectivity index (χ1) is 9.60. The maximum absolute atomic E-state index is 12.3. The lowest BCUT2D eigenvalue weighted by atomic mass is 10.0. The molecule has 0 radical (unpaired) electrons. The van der Waals surface area contributed by atoms with Crippen LogP contribution in [0, 0.1) is 0 Å². The zero-order valence-corrected chi connectivity index (χ0v) is 13.5. The van der Waals surface area contributed by atoms with Crippen LogP contribution < -0.4 is 5.32 Å². The number of aromatic carboxylic acids is 1. The molecule has 2 N–H and O–H groups in total. The molecule has 1 heterocycles. The summed E-state index contributed by atoms with van der Waals surface area (Å²) >= 11 is 0. The normalized spacial score (nSPS) is 13.3. The van der Waals surface area contributed by atoms with Crippen LogP contribution in [0.15, 0.2) is 0 Å². The van der Waals surface area contributed by atoms with E-state index >= 15 is 0 Å². The highest BCUT2D eigenvalue weighted by Gasteiger charge is 2.29. The lowest BCUT2D eigenvalue weighted by Crippen LogP contribution is -2.46. The molecule has 0 saturated carbocycles. The summed E-state index contributed by atoms with van der Waals surface area (Å²) in [5.41, 5.74) is 0.0402. The number of nitrogens with one attached hydrogen (secondary N) is 1. The molecule has 0 spiro atoms. The van der Waals surface area contributed by atoms with Crippen molar-refractivity contribution in [1.29, 1.82) is 0 Å². The van der Waals surface area contributed by atoms with Crippen LogP contribution >= 0.6 is 0 Å². The highest BCUT2D eigenvalue weighted by molar-refractivity contribution is 5.87. The van der Waals surface area contributed by atoms with Crippen molar-refractivity contribution in [3.05, 3.63) is 11.4 Å². The van der Waals surface area contributed by atoms with Crippen LogP contribution in [0.1, 0.15) is 76.1 Å². The lowest BCUT2D eigenvalue weighted by molar-refractivity contribution is -0.125. The molecule has 0 saturated heterocycles. The third kappa shape index (κ3) is 3.80. The number of hydrogen-bond acceptors (Lipinski definition) is 4. The van der Waals surface area contributed by atoms with Gasteiger partial charge in [-0.1, -0.05) is 26.0 Å². The van der Waals surface area contributed by atoms with Crippen LogP contribution in [-0.2, 0) is 4.79 Å². The Morgan fingerprint density at radius 3 is 2.33 bits per heavy atom. The van der Waals surface area contributed by atoms with Crippen molar-refractivity contribution in [1.82, 2.24) is 20.3 Å². The molecule has 1 aromatic heterocycles. The summed E-state index contributed by atoms with van der Waals surface area (Å²) in [6.07, 6.45) is 0.792. The molecule has 1 rings (SSSR count). The topological polar surface area (TPSA) is 97.1 Å². The van der Waals surface area contributed by atoms with E-state index < -0.39 is 12.0 Å². The minimum absolute atomic E-state index is 0.0967. The highest BCUT2D eigenvalue weighted by atomic mass is 16.4. The maximum Gasteiger partial charge on any atom is 0.358 e. The van der Waals surface area contributed by atoms with Gasteiger partial charge in [0.2, 0.25) is 5.91 Å². The zero-order valence-electron chi connectivity index (χ0n) is 13.5. The second-order valence-electron chi connectivity index (χ2n) is 6.13. The SMILES string of the molecule is CCC(C)(C)NC(=O)C(C)n1nnc(C(=O)O)c1C(C)C. The van der Waals surface area contributed by atoms with Crippen molar-refractivity contribution in [3.63, 3.8) is 0 Å². The van der Waals surface area contributed by atoms with E-state index in [0.717, 1.165) is 6.42 Å². The van der Waals surface area contributed by atoms with Crippen molar-refractivity contribution < 1.29 is 14.7 Å². The Kier molecular flexibility index (Phi) is 5.09. The number of rotatable bonds is 6. The largest absolute Gasteiger partial charge is 0.476 e. The Labute approximate surface area is 124 Å². The van der Waals surface area contributed by atoms with Gasteiger partial charge >= 0.3 is 5.97 Å². The summed E-state index contributed by atoms with van der Waals surface area (Å²) < 4.78 is 1.40. The zero-order chi connectivity index (χ0) is 16.4. The van der Waals surface area contributed by atoms with Crippen LogP contribution in [0.4, 0.5) is 0 Å². The highest BCUT2D eigenvalue weighted by Crippen LogP contribution is 2.22. The van der Waals surface area contributed by atoms with Crippen LogP contribution in [-0.4, -0.2) is 37.5 Å². The molecule has 0 aliphatic heterocycles. The average molecular weight is 296 g/mol. The molecule has 7 nitrogen and oxygen atoms in total. The van der Waals surface area contributed by atoms with Crippen LogP contribution in [0.5, 0.6) is 0 Å². The first kappa shape index (κ1) is 17.1. The van der Waals surface area contributed by atoms with Crippen molar-refractivity contribution >= 4 is 11.9 Å². The number of carboxylic acids is 1. The maximum atomic E-state index is 12.3. The fourth-order valence-corrected chi connectivity index (χ4v) is 1.91. The third-order valence-corrected chi connectivity index (χ3v) is 3.57. The number of hydrogen-bond donors (Lipinski definition) is 2. The van der Waals surface area contributed by atoms with Gasteiger partial charge in [-0.2, -0.15) is 0 Å². The van der Waals surface area contributed by atoms with Gasteiger partial charge in [-0.3, -0.25) is 4.79 Å². The van der Waals surface area contributed by atoms with E-state index in [1.807, 2.05) is 34.6 Å². The molecular formula is C14H24N4O3. The van der Waals surface area contributed by atoms with Gasteiger partial charge in [-0.05, 0) is 33.1 Å². The molecule has 0 fully saturated rings. The smallest absolute Gasteiger partial charge is 0.358 e. The van der Waals surface area contributed by atoms with E-state index in [4.69, 9.17) is 5.11 Å². The molecule has 7 heteroatoms. The third-order valence-electron chi connectivity index (χ3n) is 3.57. The minimum Gasteiger partial charge on any atom is -0.476 e. The monoisotopic (exact) mass is 296 g/mol. The predicted octanol–water partition coefficient (Wildman–Crippen LogP) is 1.97. The molecular weight excluding hydrogens is 272 g/mol. The fourth-order valence-electron chi connectivity index (χ4n) is 1.91. The molecule has 21 heavy (non-hydrogen) atoms. The van der Waals surface area contributed by atoms with E-state index in [2.05, 4.69) is 15.6 Å². The molecule has 1 unspecified atom stereocenters. The summed E-state index contributed by atoms with van der Waals surface area (Å²) in [6, 6.07) is -0.617. The Morgan fingerprint density at radius 1 is 1.33 bits per heavy atom. The lowest BCUT2D eigenvalue weighted by Gasteiger charge is -2.27. The number of nitrogens with zero attached hydrogens (tertiary/aromatic N) is 3. The van der Waals surface area contributed by atoms with E-state index in [0.29, 0.717) is 5.69 Å². The van der Waals surface area contributed by atoms with Crippen molar-refractivity contribution in [2.75, 3.05) is 0 Å². The van der Waals surface area contributed by atoms with E-state index in [1.165, 1.54) is 4.68 Å². The number of carbonyl (C=O) groups is 2. The first-order valence-corrected chi connectivity index (χ1v) is 7.11. The summed E-state index contributed by atoms with van der Waals surface area (Å²) in [6.45, 7) is 11.2. The van der Waals surface area contributed by atoms with E-state index in [-0.39, 0.29) is 23.1 Å². The second kappa shape index (κ2) is 6.24. The van der Waals surface area contributed by atoms with Crippen LogP contribution in [0.25, 0.3) is 0 Å². The second-order valence-corrected chi connectivity index (χ2v) is 6.13. The van der Waals surface area contributed by atoms with Gasteiger partial charge in [0.1, 0.15) is 6.04 Å². The number of aromatic nitrogens is 3. The van der Waals surface area contributed by atoms with E-state index in [1.54, 1.807) is 6.92 Å². The standard InChI is InChI=1S/C14H24N4O3/c1-7-14(5,6)15-12(19)9(4)18-11(8(2)3)10(13(20)21)16-17-18/h8-9H,7H2,1-6H3,(H,15,19)(H,20,21). The molecule has 0 aromatic carbocycles. The fraction of sp³-hybridized carbons (Fsp3) is 0.714. The van der Waals surface area contributed by atoms with Gasteiger partial charge in [0.05, 0.1) is 5.69 Å². The molecule has 1 atom stereocenters. The van der Waals surface area contributed by atoms with Crippen LogP contribution in [0.3, 0.4) is 0 Å². The summed E-state index contributed by atoms with van der Waals surface area (Å²) in [5.74, 6) is -1.43. The van der Waals surface area contributed by atoms with E-state index in [9.17, 15) is 9.59 Å².